The fourth-order valence-corrected chi connectivity index (χ4v) is 3.08. The lowest BCUT2D eigenvalue weighted by molar-refractivity contribution is -0.108. The van der Waals surface area contributed by atoms with E-state index in [-0.39, 0.29) is 0 Å². The van der Waals surface area contributed by atoms with Crippen LogP contribution in [0.15, 0.2) is 0 Å². The Morgan fingerprint density at radius 3 is 2.58 bits per heavy atom. The highest BCUT2D eigenvalue weighted by molar-refractivity contribution is 6.71. The second-order valence-corrected chi connectivity index (χ2v) is 7.98. The largest absolute Gasteiger partial charge is 0.417 e. The van der Waals surface area contributed by atoms with Crippen LogP contribution in [-0.2, 0) is 9.22 Å². The SMILES string of the molecule is CCCC[Si](C)(C)OCCC=O. The van der Waals surface area contributed by atoms with E-state index in [0.717, 1.165) is 6.29 Å². The molecule has 0 radical (unpaired) electrons. The van der Waals surface area contributed by atoms with Gasteiger partial charge in [0, 0.05) is 13.0 Å². The van der Waals surface area contributed by atoms with E-state index in [1.165, 1.54) is 18.9 Å². The Balaban J connectivity index is 3.48. The maximum atomic E-state index is 10.0. The molecular formula is C9H20O2Si. The van der Waals surface area contributed by atoms with Crippen LogP contribution in [0.2, 0.25) is 19.1 Å². The van der Waals surface area contributed by atoms with Crippen LogP contribution < -0.4 is 0 Å². The summed E-state index contributed by atoms with van der Waals surface area (Å²) in [4.78, 5) is 10.0. The summed E-state index contributed by atoms with van der Waals surface area (Å²) in [7, 11) is -1.42. The highest BCUT2D eigenvalue weighted by atomic mass is 28.4. The van der Waals surface area contributed by atoms with E-state index < -0.39 is 8.32 Å². The number of rotatable bonds is 7. The fraction of sp³-hybridized carbons (Fsp3) is 0.889. The summed E-state index contributed by atoms with van der Waals surface area (Å²) >= 11 is 0. The molecule has 0 fully saturated rings. The van der Waals surface area contributed by atoms with Gasteiger partial charge in [-0.25, -0.2) is 0 Å². The first-order valence-corrected chi connectivity index (χ1v) is 7.81. The van der Waals surface area contributed by atoms with E-state index in [0.29, 0.717) is 13.0 Å². The van der Waals surface area contributed by atoms with Gasteiger partial charge >= 0.3 is 0 Å². The first kappa shape index (κ1) is 11.8. The Morgan fingerprint density at radius 1 is 1.42 bits per heavy atom. The molecule has 0 aliphatic carbocycles. The van der Waals surface area contributed by atoms with Crippen LogP contribution in [0.1, 0.15) is 26.2 Å². The molecule has 0 aliphatic heterocycles. The van der Waals surface area contributed by atoms with E-state index in [9.17, 15) is 4.79 Å². The van der Waals surface area contributed by atoms with Gasteiger partial charge in [-0.05, 0) is 19.1 Å². The summed E-state index contributed by atoms with van der Waals surface area (Å²) in [5, 5.41) is 0. The molecule has 0 saturated carbocycles. The Hall–Kier alpha value is -0.153. The number of hydrogen-bond acceptors (Lipinski definition) is 2. The normalized spacial score (nSPS) is 11.6. The summed E-state index contributed by atoms with van der Waals surface area (Å²) in [6.45, 7) is 7.24. The molecule has 0 saturated heterocycles. The molecule has 3 heteroatoms. The lowest BCUT2D eigenvalue weighted by Gasteiger charge is -2.21. The third kappa shape index (κ3) is 6.55. The van der Waals surface area contributed by atoms with Crippen molar-refractivity contribution in [1.29, 1.82) is 0 Å². The second-order valence-electron chi connectivity index (χ2n) is 3.67. The molecule has 2 nitrogen and oxygen atoms in total. The van der Waals surface area contributed by atoms with Crippen LogP contribution in [0.5, 0.6) is 0 Å². The van der Waals surface area contributed by atoms with Gasteiger partial charge in [0.15, 0.2) is 8.32 Å². The van der Waals surface area contributed by atoms with Crippen LogP contribution in [0.3, 0.4) is 0 Å². The minimum absolute atomic E-state index is 0.544. The van der Waals surface area contributed by atoms with E-state index in [1.54, 1.807) is 0 Å². The minimum Gasteiger partial charge on any atom is -0.417 e. The lowest BCUT2D eigenvalue weighted by atomic mass is 10.4. The Labute approximate surface area is 76.4 Å². The topological polar surface area (TPSA) is 26.3 Å². The summed E-state index contributed by atoms with van der Waals surface area (Å²) < 4.78 is 5.68. The van der Waals surface area contributed by atoms with Gasteiger partial charge in [0.1, 0.15) is 6.29 Å². The van der Waals surface area contributed by atoms with Gasteiger partial charge < -0.3 is 9.22 Å². The van der Waals surface area contributed by atoms with Crippen molar-refractivity contribution < 1.29 is 9.22 Å². The summed E-state index contributed by atoms with van der Waals surface area (Å²) in [5.74, 6) is 0. The van der Waals surface area contributed by atoms with Gasteiger partial charge in [0.25, 0.3) is 0 Å². The predicted octanol–water partition coefficient (Wildman–Crippen LogP) is 2.60. The van der Waals surface area contributed by atoms with E-state index >= 15 is 0 Å². The third-order valence-corrected chi connectivity index (χ3v) is 4.40. The van der Waals surface area contributed by atoms with Crippen LogP contribution in [0.25, 0.3) is 0 Å². The lowest BCUT2D eigenvalue weighted by Crippen LogP contribution is -2.30. The van der Waals surface area contributed by atoms with Gasteiger partial charge in [0.05, 0.1) is 0 Å². The van der Waals surface area contributed by atoms with E-state index in [2.05, 4.69) is 20.0 Å². The highest BCUT2D eigenvalue weighted by Crippen LogP contribution is 2.14. The zero-order valence-corrected chi connectivity index (χ0v) is 9.43. The van der Waals surface area contributed by atoms with Gasteiger partial charge in [0.2, 0.25) is 0 Å². The van der Waals surface area contributed by atoms with Crippen molar-refractivity contribution in [1.82, 2.24) is 0 Å². The molecule has 0 spiro atoms. The van der Waals surface area contributed by atoms with Crippen molar-refractivity contribution in [3.05, 3.63) is 0 Å². The molecule has 0 atom stereocenters. The smallest absolute Gasteiger partial charge is 0.186 e. The molecule has 0 bridgehead atoms. The maximum absolute atomic E-state index is 10.0. The molecular weight excluding hydrogens is 168 g/mol. The van der Waals surface area contributed by atoms with Crippen molar-refractivity contribution in [3.8, 4) is 0 Å². The average Bonchev–Trinajstić information content (AvgIpc) is 2.01. The van der Waals surface area contributed by atoms with Crippen molar-refractivity contribution in [2.75, 3.05) is 6.61 Å². The van der Waals surface area contributed by atoms with E-state index in [1.807, 2.05) is 0 Å². The van der Waals surface area contributed by atoms with E-state index in [4.69, 9.17) is 4.43 Å². The molecule has 12 heavy (non-hydrogen) atoms. The predicted molar refractivity (Wildman–Crippen MR) is 53.8 cm³/mol. The monoisotopic (exact) mass is 188 g/mol. The molecule has 0 unspecified atom stereocenters. The molecule has 0 N–H and O–H groups in total. The van der Waals surface area contributed by atoms with Crippen molar-refractivity contribution >= 4 is 14.6 Å². The number of aldehydes is 1. The summed E-state index contributed by atoms with van der Waals surface area (Å²) in [6, 6.07) is 1.21. The summed E-state index contributed by atoms with van der Waals surface area (Å²) in [5.41, 5.74) is 0. The molecule has 0 amide bonds. The number of carbonyl (C=O) groups is 1. The fourth-order valence-electron chi connectivity index (χ4n) is 1.06. The second kappa shape index (κ2) is 6.37. The van der Waals surface area contributed by atoms with Gasteiger partial charge in [-0.3, -0.25) is 0 Å². The zero-order valence-electron chi connectivity index (χ0n) is 8.43. The first-order valence-electron chi connectivity index (χ1n) is 4.70. The number of hydrogen-bond donors (Lipinski definition) is 0. The summed E-state index contributed by atoms with van der Waals surface area (Å²) in [6.07, 6.45) is 3.95. The molecule has 0 heterocycles. The maximum Gasteiger partial charge on any atom is 0.186 e. The Bertz CT molecular complexity index is 124. The van der Waals surface area contributed by atoms with Crippen LogP contribution in [0.4, 0.5) is 0 Å². The average molecular weight is 188 g/mol. The molecule has 0 aliphatic rings. The molecule has 72 valence electrons. The van der Waals surface area contributed by atoms with Gasteiger partial charge in [-0.1, -0.05) is 19.8 Å². The highest BCUT2D eigenvalue weighted by Gasteiger charge is 2.20. The van der Waals surface area contributed by atoms with Gasteiger partial charge in [-0.15, -0.1) is 0 Å². The third-order valence-electron chi connectivity index (χ3n) is 1.86. The number of carbonyl (C=O) groups excluding carboxylic acids is 1. The van der Waals surface area contributed by atoms with Crippen LogP contribution in [-0.4, -0.2) is 21.2 Å². The Kier molecular flexibility index (Phi) is 6.29. The molecule has 0 rings (SSSR count). The quantitative estimate of drug-likeness (QED) is 0.349. The molecule has 0 aromatic heterocycles. The minimum atomic E-state index is -1.42. The van der Waals surface area contributed by atoms with Crippen LogP contribution >= 0.6 is 0 Å². The molecule has 0 aromatic carbocycles. The van der Waals surface area contributed by atoms with Crippen LogP contribution in [0, 0.1) is 0 Å². The van der Waals surface area contributed by atoms with Crippen molar-refractivity contribution in [2.45, 2.75) is 45.3 Å². The number of unbranched alkanes of at least 4 members (excludes halogenated alkanes) is 1. The standard InChI is InChI=1S/C9H20O2Si/c1-4-5-9-12(2,3)11-8-6-7-10/h7H,4-6,8-9H2,1-3H3. The van der Waals surface area contributed by atoms with Crippen molar-refractivity contribution in [2.24, 2.45) is 0 Å². The first-order chi connectivity index (χ1) is 5.62. The molecule has 0 aromatic rings. The van der Waals surface area contributed by atoms with Crippen molar-refractivity contribution in [3.63, 3.8) is 0 Å². The zero-order chi connectivity index (χ0) is 9.45. The van der Waals surface area contributed by atoms with Gasteiger partial charge in [-0.2, -0.15) is 0 Å². The Morgan fingerprint density at radius 2 is 2.08 bits per heavy atom.